The Bertz CT molecular complexity index is 601. The van der Waals surface area contributed by atoms with Gasteiger partial charge in [0.05, 0.1) is 28.6 Å². The minimum Gasteiger partial charge on any atom is -0.345 e. The highest BCUT2D eigenvalue weighted by Crippen LogP contribution is 2.15. The molecule has 102 valence electrons. The van der Waals surface area contributed by atoms with Crippen molar-refractivity contribution in [1.82, 2.24) is 24.9 Å². The molecule has 2 rings (SSSR count). The lowest BCUT2D eigenvalue weighted by atomic mass is 10.3. The number of halogens is 1. The first-order chi connectivity index (χ1) is 9.02. The van der Waals surface area contributed by atoms with Crippen LogP contribution in [-0.2, 0) is 20.1 Å². The molecule has 0 fully saturated rings. The van der Waals surface area contributed by atoms with Gasteiger partial charge in [-0.05, 0) is 35.8 Å². The van der Waals surface area contributed by atoms with Gasteiger partial charge in [0.2, 0.25) is 0 Å². The summed E-state index contributed by atoms with van der Waals surface area (Å²) in [5.74, 6) is -0.140. The smallest absolute Gasteiger partial charge is 0.269 e. The number of aryl methyl sites for hydroxylation is 3. The fraction of sp³-hybridized carbons (Fsp3) is 0.417. The van der Waals surface area contributed by atoms with Crippen LogP contribution in [0.15, 0.2) is 16.7 Å². The Labute approximate surface area is 119 Å². The Morgan fingerprint density at radius 2 is 2.26 bits per heavy atom. The minimum atomic E-state index is -0.140. The van der Waals surface area contributed by atoms with E-state index >= 15 is 0 Å². The second-order valence-corrected chi connectivity index (χ2v) is 5.09. The lowest BCUT2D eigenvalue weighted by Gasteiger charge is -2.08. The van der Waals surface area contributed by atoms with E-state index in [1.807, 2.05) is 18.5 Å². The highest BCUT2D eigenvalue weighted by molar-refractivity contribution is 9.10. The molecule has 2 aromatic rings. The third-order valence-corrected chi connectivity index (χ3v) is 3.51. The van der Waals surface area contributed by atoms with Crippen molar-refractivity contribution in [3.8, 4) is 0 Å². The summed E-state index contributed by atoms with van der Waals surface area (Å²) >= 11 is 3.43. The highest BCUT2D eigenvalue weighted by atomic mass is 79.9. The van der Waals surface area contributed by atoms with Crippen molar-refractivity contribution in [2.75, 3.05) is 0 Å². The number of hydrogen-bond acceptors (Lipinski definition) is 3. The number of rotatable bonds is 4. The average molecular weight is 326 g/mol. The van der Waals surface area contributed by atoms with Crippen molar-refractivity contribution < 1.29 is 4.79 Å². The van der Waals surface area contributed by atoms with Crippen molar-refractivity contribution >= 4 is 21.8 Å². The Balaban J connectivity index is 2.08. The van der Waals surface area contributed by atoms with E-state index in [9.17, 15) is 4.79 Å². The fourth-order valence-corrected chi connectivity index (χ4v) is 2.35. The van der Waals surface area contributed by atoms with Crippen molar-refractivity contribution in [1.29, 1.82) is 0 Å². The van der Waals surface area contributed by atoms with E-state index in [1.54, 1.807) is 24.0 Å². The maximum atomic E-state index is 12.1. The molecule has 0 saturated heterocycles. The van der Waals surface area contributed by atoms with Gasteiger partial charge in [0.1, 0.15) is 5.69 Å². The summed E-state index contributed by atoms with van der Waals surface area (Å²) < 4.78 is 4.33. The lowest BCUT2D eigenvalue weighted by Crippen LogP contribution is -2.26. The van der Waals surface area contributed by atoms with E-state index in [-0.39, 0.29) is 5.91 Å². The van der Waals surface area contributed by atoms with Gasteiger partial charge in [0.25, 0.3) is 5.91 Å². The zero-order valence-electron chi connectivity index (χ0n) is 11.1. The Kier molecular flexibility index (Phi) is 4.04. The molecule has 0 aromatic carbocycles. The molecule has 0 unspecified atom stereocenters. The van der Waals surface area contributed by atoms with E-state index in [4.69, 9.17) is 0 Å². The number of aromatic nitrogens is 4. The molecule has 1 N–H and O–H groups in total. The zero-order chi connectivity index (χ0) is 14.0. The summed E-state index contributed by atoms with van der Waals surface area (Å²) in [5.41, 5.74) is 2.33. The van der Waals surface area contributed by atoms with Crippen LogP contribution < -0.4 is 5.32 Å². The normalized spacial score (nSPS) is 10.7. The lowest BCUT2D eigenvalue weighted by molar-refractivity contribution is 0.0940. The number of amides is 1. The highest BCUT2D eigenvalue weighted by Gasteiger charge is 2.13. The summed E-state index contributed by atoms with van der Waals surface area (Å²) in [7, 11) is 1.76. The molecule has 2 heterocycles. The second-order valence-electron chi connectivity index (χ2n) is 4.23. The number of carbonyl (C=O) groups is 1. The van der Waals surface area contributed by atoms with Gasteiger partial charge in [-0.1, -0.05) is 0 Å². The van der Waals surface area contributed by atoms with Crippen molar-refractivity contribution in [2.24, 2.45) is 7.05 Å². The maximum absolute atomic E-state index is 12.1. The van der Waals surface area contributed by atoms with Gasteiger partial charge in [-0.15, -0.1) is 0 Å². The van der Waals surface area contributed by atoms with E-state index in [0.717, 1.165) is 22.4 Å². The molecule has 0 aliphatic rings. The van der Waals surface area contributed by atoms with Crippen LogP contribution in [0.1, 0.15) is 28.8 Å². The number of nitrogens with zero attached hydrogens (tertiary/aromatic N) is 4. The molecule has 2 aromatic heterocycles. The molecule has 0 atom stereocenters. The number of carbonyl (C=O) groups excluding carboxylic acids is 1. The monoisotopic (exact) mass is 325 g/mol. The second kappa shape index (κ2) is 5.56. The largest absolute Gasteiger partial charge is 0.345 e. The first-order valence-corrected chi connectivity index (χ1v) is 6.81. The van der Waals surface area contributed by atoms with Crippen LogP contribution in [0.3, 0.4) is 0 Å². The molecule has 6 nitrogen and oxygen atoms in total. The third-order valence-electron chi connectivity index (χ3n) is 2.85. The molecule has 0 saturated carbocycles. The van der Waals surface area contributed by atoms with Gasteiger partial charge in [0.15, 0.2) is 0 Å². The summed E-state index contributed by atoms with van der Waals surface area (Å²) in [6.07, 6.45) is 1.74. The maximum Gasteiger partial charge on any atom is 0.269 e. The molecular weight excluding hydrogens is 310 g/mol. The van der Waals surface area contributed by atoms with Crippen LogP contribution in [0.2, 0.25) is 0 Å². The van der Waals surface area contributed by atoms with E-state index in [2.05, 4.69) is 31.4 Å². The zero-order valence-corrected chi connectivity index (χ0v) is 12.7. The van der Waals surface area contributed by atoms with Crippen molar-refractivity contribution in [3.05, 3.63) is 33.8 Å². The van der Waals surface area contributed by atoms with Crippen LogP contribution in [-0.4, -0.2) is 25.5 Å². The number of hydrogen-bond donors (Lipinski definition) is 1. The molecular formula is C12H16BrN5O. The van der Waals surface area contributed by atoms with Gasteiger partial charge in [-0.25, -0.2) is 0 Å². The summed E-state index contributed by atoms with van der Waals surface area (Å²) in [5, 5.41) is 11.2. The van der Waals surface area contributed by atoms with Gasteiger partial charge in [-0.2, -0.15) is 10.2 Å². The minimum absolute atomic E-state index is 0.140. The first kappa shape index (κ1) is 13.8. The van der Waals surface area contributed by atoms with Crippen LogP contribution in [0, 0.1) is 6.92 Å². The van der Waals surface area contributed by atoms with Crippen LogP contribution in [0.4, 0.5) is 0 Å². The SMILES string of the molecule is CCn1ncc(Br)c1CNC(=O)c1cc(C)nn1C. The predicted molar refractivity (Wildman–Crippen MR) is 74.7 cm³/mol. The van der Waals surface area contributed by atoms with Crippen LogP contribution >= 0.6 is 15.9 Å². The molecule has 0 aliphatic heterocycles. The van der Waals surface area contributed by atoms with E-state index < -0.39 is 0 Å². The molecule has 7 heteroatoms. The summed E-state index contributed by atoms with van der Waals surface area (Å²) in [6, 6.07) is 1.77. The van der Waals surface area contributed by atoms with Gasteiger partial charge in [-0.3, -0.25) is 14.2 Å². The number of nitrogens with one attached hydrogen (secondary N) is 1. The average Bonchev–Trinajstić information content (AvgIpc) is 2.89. The topological polar surface area (TPSA) is 64.7 Å². The third kappa shape index (κ3) is 2.86. The van der Waals surface area contributed by atoms with Crippen LogP contribution in [0.5, 0.6) is 0 Å². The standard InChI is InChI=1S/C12H16BrN5O/c1-4-18-11(9(13)6-15-18)7-14-12(19)10-5-8(2)16-17(10)3/h5-6H,4,7H2,1-3H3,(H,14,19). The van der Waals surface area contributed by atoms with Gasteiger partial charge < -0.3 is 5.32 Å². The molecule has 0 aliphatic carbocycles. The first-order valence-electron chi connectivity index (χ1n) is 6.02. The fourth-order valence-electron chi connectivity index (χ4n) is 1.91. The molecule has 1 amide bonds. The van der Waals surface area contributed by atoms with E-state index in [1.165, 1.54) is 0 Å². The Morgan fingerprint density at radius 3 is 2.84 bits per heavy atom. The summed E-state index contributed by atoms with van der Waals surface area (Å²) in [6.45, 7) is 5.06. The summed E-state index contributed by atoms with van der Waals surface area (Å²) in [4.78, 5) is 12.1. The van der Waals surface area contributed by atoms with E-state index in [0.29, 0.717) is 12.2 Å². The molecule has 19 heavy (non-hydrogen) atoms. The van der Waals surface area contributed by atoms with Gasteiger partial charge in [0, 0.05) is 13.6 Å². The molecule has 0 radical (unpaired) electrons. The Hall–Kier alpha value is -1.63. The molecule has 0 spiro atoms. The Morgan fingerprint density at radius 1 is 1.53 bits per heavy atom. The quantitative estimate of drug-likeness (QED) is 0.929. The van der Waals surface area contributed by atoms with Crippen LogP contribution in [0.25, 0.3) is 0 Å². The van der Waals surface area contributed by atoms with Crippen molar-refractivity contribution in [3.63, 3.8) is 0 Å². The van der Waals surface area contributed by atoms with Gasteiger partial charge >= 0.3 is 0 Å². The predicted octanol–water partition coefficient (Wildman–Crippen LogP) is 1.64. The molecule has 0 bridgehead atoms. The van der Waals surface area contributed by atoms with Crippen molar-refractivity contribution in [2.45, 2.75) is 26.9 Å².